The van der Waals surface area contributed by atoms with E-state index in [0.717, 1.165) is 0 Å². The van der Waals surface area contributed by atoms with Crippen molar-refractivity contribution in [1.29, 1.82) is 0 Å². The Kier molecular flexibility index (Phi) is 3.14. The molecule has 0 amide bonds. The van der Waals surface area contributed by atoms with Crippen molar-refractivity contribution in [3.05, 3.63) is 6.33 Å². The number of nitrogen functional groups attached to an aromatic ring is 1. The first-order valence-electron chi connectivity index (χ1n) is 5.86. The van der Waals surface area contributed by atoms with Crippen molar-refractivity contribution in [2.75, 3.05) is 12.3 Å². The number of nitrogens with two attached hydrogens (primary N) is 1. The molecule has 1 aliphatic rings. The number of aliphatic hydroxyl groups excluding tert-OH is 3. The average molecular weight is 283 g/mol. The largest absolute Gasteiger partial charge is 0.454 e. The summed E-state index contributed by atoms with van der Waals surface area (Å²) in [6.07, 6.45) is -3.26. The van der Waals surface area contributed by atoms with E-state index in [9.17, 15) is 10.2 Å². The number of imidazole rings is 1. The minimum atomic E-state index is -1.44. The summed E-state index contributed by atoms with van der Waals surface area (Å²) in [4.78, 5) is 14.6. The summed E-state index contributed by atoms with van der Waals surface area (Å²) in [6, 6.07) is -0.123. The minimum Gasteiger partial charge on any atom is -0.454 e. The number of hydrogen-bond donors (Lipinski definition) is 5. The van der Waals surface area contributed by atoms with E-state index >= 15 is 0 Å². The minimum absolute atomic E-state index is 0.123. The van der Waals surface area contributed by atoms with Gasteiger partial charge in [0.2, 0.25) is 0 Å². The fourth-order valence-electron chi connectivity index (χ4n) is 2.02. The summed E-state index contributed by atoms with van der Waals surface area (Å²) in [7, 11) is 0. The van der Waals surface area contributed by atoms with Crippen LogP contribution < -0.4 is 10.5 Å². The van der Waals surface area contributed by atoms with Crippen LogP contribution in [0.3, 0.4) is 0 Å². The van der Waals surface area contributed by atoms with E-state index in [4.69, 9.17) is 20.3 Å². The number of anilines is 1. The Hall–Kier alpha value is -2.01. The third-order valence-corrected chi connectivity index (χ3v) is 3.02. The first-order chi connectivity index (χ1) is 9.60. The number of nitrogens with one attached hydrogen (secondary N) is 1. The highest BCUT2D eigenvalue weighted by atomic mass is 16.7. The maximum atomic E-state index is 9.74. The molecule has 0 spiro atoms. The van der Waals surface area contributed by atoms with Crippen LogP contribution in [0.4, 0.5) is 5.82 Å². The number of fused-ring (bicyclic) bond motifs is 1. The molecule has 0 saturated carbocycles. The molecule has 0 unspecified atom stereocenters. The Morgan fingerprint density at radius 1 is 1.40 bits per heavy atom. The zero-order valence-electron chi connectivity index (χ0n) is 10.2. The highest BCUT2D eigenvalue weighted by molar-refractivity contribution is 5.81. The molecule has 1 fully saturated rings. The van der Waals surface area contributed by atoms with Gasteiger partial charge in [0.15, 0.2) is 23.9 Å². The van der Waals surface area contributed by atoms with E-state index in [-0.39, 0.29) is 11.8 Å². The molecule has 0 aliphatic carbocycles. The van der Waals surface area contributed by atoms with Gasteiger partial charge >= 0.3 is 6.01 Å². The molecule has 1 saturated heterocycles. The molecule has 3 rings (SSSR count). The zero-order chi connectivity index (χ0) is 14.3. The van der Waals surface area contributed by atoms with Gasteiger partial charge in [0, 0.05) is 0 Å². The first-order valence-corrected chi connectivity index (χ1v) is 5.86. The van der Waals surface area contributed by atoms with E-state index in [1.54, 1.807) is 0 Å². The van der Waals surface area contributed by atoms with Crippen molar-refractivity contribution >= 4 is 17.0 Å². The fourth-order valence-corrected chi connectivity index (χ4v) is 2.02. The number of nitrogens with zero attached hydrogens (tertiary/aromatic N) is 3. The summed E-state index contributed by atoms with van der Waals surface area (Å²) in [5.41, 5.74) is 6.49. The monoisotopic (exact) mass is 283 g/mol. The van der Waals surface area contributed by atoms with Crippen molar-refractivity contribution in [2.24, 2.45) is 0 Å². The van der Waals surface area contributed by atoms with Gasteiger partial charge in [0.1, 0.15) is 17.7 Å². The van der Waals surface area contributed by atoms with E-state index in [1.165, 1.54) is 6.33 Å². The zero-order valence-corrected chi connectivity index (χ0v) is 10.2. The van der Waals surface area contributed by atoms with E-state index in [2.05, 4.69) is 19.9 Å². The van der Waals surface area contributed by atoms with Gasteiger partial charge in [0.05, 0.1) is 12.9 Å². The van der Waals surface area contributed by atoms with Crippen LogP contribution in [0.5, 0.6) is 6.01 Å². The van der Waals surface area contributed by atoms with Gasteiger partial charge in [-0.1, -0.05) is 0 Å². The van der Waals surface area contributed by atoms with Gasteiger partial charge in [-0.25, -0.2) is 4.98 Å². The number of ether oxygens (including phenoxy) is 2. The maximum absolute atomic E-state index is 9.74. The maximum Gasteiger partial charge on any atom is 0.321 e. The molecular formula is C10H13N5O5. The second-order valence-corrected chi connectivity index (χ2v) is 4.31. The predicted molar refractivity (Wildman–Crippen MR) is 64.5 cm³/mol. The number of aromatic amines is 1. The number of hydrogen-bond acceptors (Lipinski definition) is 9. The van der Waals surface area contributed by atoms with Crippen molar-refractivity contribution in [3.63, 3.8) is 0 Å². The number of aliphatic hydroxyl groups is 3. The SMILES string of the molecule is Nc1nc(O[C@@H]2[C@H](O)[C@@H](O)O[C@H]2CO)nc2nc[nH]c12. The molecule has 1 aliphatic heterocycles. The third-order valence-electron chi connectivity index (χ3n) is 3.02. The van der Waals surface area contributed by atoms with Crippen molar-refractivity contribution in [2.45, 2.75) is 24.6 Å². The van der Waals surface area contributed by atoms with Crippen LogP contribution in [0.1, 0.15) is 0 Å². The molecule has 10 heteroatoms. The lowest BCUT2D eigenvalue weighted by atomic mass is 10.1. The van der Waals surface area contributed by atoms with Crippen molar-refractivity contribution in [3.8, 4) is 6.01 Å². The summed E-state index contributed by atoms with van der Waals surface area (Å²) in [5.74, 6) is 0.136. The highest BCUT2D eigenvalue weighted by Gasteiger charge is 2.45. The second-order valence-electron chi connectivity index (χ2n) is 4.31. The van der Waals surface area contributed by atoms with Crippen LogP contribution >= 0.6 is 0 Å². The summed E-state index contributed by atoms with van der Waals surface area (Å²) in [6.45, 7) is -0.432. The molecule has 20 heavy (non-hydrogen) atoms. The van der Waals surface area contributed by atoms with Crippen LogP contribution in [-0.2, 0) is 4.74 Å². The molecule has 3 heterocycles. The van der Waals surface area contributed by atoms with E-state index in [1.807, 2.05) is 0 Å². The van der Waals surface area contributed by atoms with E-state index in [0.29, 0.717) is 11.2 Å². The Balaban J connectivity index is 1.88. The lowest BCUT2D eigenvalue weighted by Gasteiger charge is -2.18. The molecule has 2 aromatic heterocycles. The molecule has 6 N–H and O–H groups in total. The smallest absolute Gasteiger partial charge is 0.321 e. The van der Waals surface area contributed by atoms with Gasteiger partial charge in [-0.2, -0.15) is 9.97 Å². The summed E-state index contributed by atoms with van der Waals surface area (Å²) >= 11 is 0. The Morgan fingerprint density at radius 2 is 2.20 bits per heavy atom. The Bertz CT molecular complexity index is 619. The summed E-state index contributed by atoms with van der Waals surface area (Å²) in [5, 5.41) is 28.3. The number of H-pyrrole nitrogens is 1. The van der Waals surface area contributed by atoms with Crippen LogP contribution in [-0.4, -0.2) is 66.5 Å². The van der Waals surface area contributed by atoms with Gasteiger partial charge in [-0.3, -0.25) is 0 Å². The second kappa shape index (κ2) is 4.83. The Morgan fingerprint density at radius 3 is 2.95 bits per heavy atom. The molecule has 10 nitrogen and oxygen atoms in total. The van der Waals surface area contributed by atoms with Crippen LogP contribution in [0.2, 0.25) is 0 Å². The lowest BCUT2D eigenvalue weighted by Crippen LogP contribution is -2.39. The fraction of sp³-hybridized carbons (Fsp3) is 0.500. The third kappa shape index (κ3) is 2.04. The van der Waals surface area contributed by atoms with Crippen LogP contribution in [0.15, 0.2) is 6.33 Å². The number of aromatic nitrogens is 4. The normalized spacial score (nSPS) is 29.9. The van der Waals surface area contributed by atoms with Gasteiger partial charge in [0.25, 0.3) is 0 Å². The average Bonchev–Trinajstić information content (AvgIpc) is 2.99. The van der Waals surface area contributed by atoms with Crippen LogP contribution in [0, 0.1) is 0 Å². The molecule has 0 radical (unpaired) electrons. The quantitative estimate of drug-likeness (QED) is 0.419. The van der Waals surface area contributed by atoms with E-state index < -0.39 is 31.2 Å². The van der Waals surface area contributed by atoms with Gasteiger partial charge in [-0.05, 0) is 0 Å². The molecular weight excluding hydrogens is 270 g/mol. The van der Waals surface area contributed by atoms with Gasteiger partial charge < -0.3 is 35.5 Å². The number of rotatable bonds is 3. The first kappa shape index (κ1) is 13.0. The molecule has 0 bridgehead atoms. The van der Waals surface area contributed by atoms with Crippen molar-refractivity contribution < 1.29 is 24.8 Å². The highest BCUT2D eigenvalue weighted by Crippen LogP contribution is 2.25. The lowest BCUT2D eigenvalue weighted by molar-refractivity contribution is -0.132. The van der Waals surface area contributed by atoms with Crippen LogP contribution in [0.25, 0.3) is 11.2 Å². The summed E-state index contributed by atoms with van der Waals surface area (Å²) < 4.78 is 10.3. The topological polar surface area (TPSA) is 160 Å². The Labute approximate surface area is 112 Å². The predicted octanol–water partition coefficient (Wildman–Crippen LogP) is -2.25. The van der Waals surface area contributed by atoms with Gasteiger partial charge in [-0.15, -0.1) is 0 Å². The van der Waals surface area contributed by atoms with Crippen molar-refractivity contribution in [1.82, 2.24) is 19.9 Å². The molecule has 2 aromatic rings. The standard InChI is InChI=1S/C10H13N5O5/c11-7-4-8(13-2-12-4)15-10(14-7)20-6-3(1-16)19-9(18)5(6)17/h2-3,5-6,9,16-18H,1H2,(H3,11,12,13,14,15)/t3-,5-,6-,9-/m0/s1. The molecule has 108 valence electrons. The molecule has 0 aromatic carbocycles. The molecule has 4 atom stereocenters.